The summed E-state index contributed by atoms with van der Waals surface area (Å²) in [6.45, 7) is -0.0703. The highest BCUT2D eigenvalue weighted by molar-refractivity contribution is 5.73. The summed E-state index contributed by atoms with van der Waals surface area (Å²) in [5.74, 6) is -2.35. The summed E-state index contributed by atoms with van der Waals surface area (Å²) in [6.07, 6.45) is -3.94. The van der Waals surface area contributed by atoms with Crippen LogP contribution in [0.1, 0.15) is 11.7 Å². The number of carbonyl (C=O) groups is 1. The third-order valence-electron chi connectivity index (χ3n) is 2.19. The molecule has 18 heavy (non-hydrogen) atoms. The molecule has 1 rings (SSSR count). The molecule has 0 saturated carbocycles. The van der Waals surface area contributed by atoms with Crippen molar-refractivity contribution in [1.82, 2.24) is 0 Å². The van der Waals surface area contributed by atoms with Crippen LogP contribution in [-0.2, 0) is 9.53 Å². The first-order valence-electron chi connectivity index (χ1n) is 4.97. The Morgan fingerprint density at radius 2 is 2.11 bits per heavy atom. The number of methoxy groups -OCH3 is 1. The molecule has 1 aromatic carbocycles. The van der Waals surface area contributed by atoms with Crippen molar-refractivity contribution in [2.24, 2.45) is 0 Å². The number of aliphatic hydroxyl groups is 2. The maximum atomic E-state index is 13.6. The van der Waals surface area contributed by atoms with Gasteiger partial charge < -0.3 is 24.8 Å². The fraction of sp³-hybridized carbons (Fsp3) is 0.364. The van der Waals surface area contributed by atoms with Crippen molar-refractivity contribution in [3.05, 3.63) is 29.6 Å². The number of ether oxygens (including phenoxy) is 2. The Morgan fingerprint density at radius 3 is 2.61 bits per heavy atom. The zero-order valence-corrected chi connectivity index (χ0v) is 9.54. The summed E-state index contributed by atoms with van der Waals surface area (Å²) in [5, 5.41) is 27.1. The second kappa shape index (κ2) is 6.29. The number of rotatable bonds is 6. The average Bonchev–Trinajstić information content (AvgIpc) is 2.34. The molecule has 0 aliphatic heterocycles. The van der Waals surface area contributed by atoms with Crippen LogP contribution in [0.2, 0.25) is 0 Å². The van der Waals surface area contributed by atoms with E-state index in [0.29, 0.717) is 0 Å². The van der Waals surface area contributed by atoms with E-state index < -0.39 is 24.0 Å². The molecule has 0 bridgehead atoms. The summed E-state index contributed by atoms with van der Waals surface area (Å²) >= 11 is 0. The number of hydrogen-bond donors (Lipinski definition) is 3. The number of carboxylic acid groups (broad SMARTS) is 1. The predicted molar refractivity (Wildman–Crippen MR) is 57.5 cm³/mol. The van der Waals surface area contributed by atoms with Crippen molar-refractivity contribution < 1.29 is 34.0 Å². The van der Waals surface area contributed by atoms with Gasteiger partial charge in [-0.25, -0.2) is 9.18 Å². The second-order valence-corrected chi connectivity index (χ2v) is 3.46. The quantitative estimate of drug-likeness (QED) is 0.636. The Labute approximate surface area is 102 Å². The van der Waals surface area contributed by atoms with Crippen molar-refractivity contribution >= 4 is 5.97 Å². The minimum atomic E-state index is -2.09. The maximum absolute atomic E-state index is 13.6. The molecule has 6 nitrogen and oxygen atoms in total. The highest BCUT2D eigenvalue weighted by Crippen LogP contribution is 2.24. The van der Waals surface area contributed by atoms with E-state index in [1.54, 1.807) is 0 Å². The topological polar surface area (TPSA) is 96.2 Å². The van der Waals surface area contributed by atoms with Gasteiger partial charge in [-0.3, -0.25) is 0 Å². The van der Waals surface area contributed by atoms with Crippen molar-refractivity contribution in [3.63, 3.8) is 0 Å². The summed E-state index contributed by atoms with van der Waals surface area (Å²) < 4.78 is 23.1. The van der Waals surface area contributed by atoms with Gasteiger partial charge in [-0.15, -0.1) is 0 Å². The summed E-state index contributed by atoms with van der Waals surface area (Å²) in [4.78, 5) is 10.5. The number of carboxylic acids is 1. The lowest BCUT2D eigenvalue weighted by molar-refractivity contribution is -0.153. The SMILES string of the molecule is COCOc1ccc(C(O)C(O)C(=O)O)c(F)c1. The van der Waals surface area contributed by atoms with Crippen LogP contribution in [0.4, 0.5) is 4.39 Å². The van der Waals surface area contributed by atoms with E-state index >= 15 is 0 Å². The molecule has 2 atom stereocenters. The molecule has 0 saturated heterocycles. The zero-order valence-electron chi connectivity index (χ0n) is 9.54. The standard InChI is InChI=1S/C11H13FO6/c1-17-5-18-6-2-3-7(8(12)4-6)9(13)10(14)11(15)16/h2-4,9-10,13-14H,5H2,1H3,(H,15,16). The van der Waals surface area contributed by atoms with E-state index in [-0.39, 0.29) is 18.1 Å². The molecule has 100 valence electrons. The van der Waals surface area contributed by atoms with E-state index in [1.807, 2.05) is 0 Å². The molecule has 1 aromatic rings. The summed E-state index contributed by atoms with van der Waals surface area (Å²) in [6, 6.07) is 3.43. The van der Waals surface area contributed by atoms with Gasteiger partial charge in [0.1, 0.15) is 17.7 Å². The third-order valence-corrected chi connectivity index (χ3v) is 2.19. The van der Waals surface area contributed by atoms with Gasteiger partial charge in [-0.05, 0) is 12.1 Å². The smallest absolute Gasteiger partial charge is 0.335 e. The molecule has 0 aliphatic carbocycles. The minimum absolute atomic E-state index is 0.0703. The van der Waals surface area contributed by atoms with Gasteiger partial charge in [0.05, 0.1) is 0 Å². The molecular formula is C11H13FO6. The Kier molecular flexibility index (Phi) is 5.02. The molecule has 0 heterocycles. The lowest BCUT2D eigenvalue weighted by atomic mass is 10.0. The Balaban J connectivity index is 2.88. The lowest BCUT2D eigenvalue weighted by Gasteiger charge is -2.15. The molecule has 3 N–H and O–H groups in total. The molecular weight excluding hydrogens is 247 g/mol. The summed E-state index contributed by atoms with van der Waals surface area (Å²) in [7, 11) is 1.40. The fourth-order valence-corrected chi connectivity index (χ4v) is 1.27. The largest absolute Gasteiger partial charge is 0.479 e. The van der Waals surface area contributed by atoms with E-state index in [2.05, 4.69) is 4.74 Å². The monoisotopic (exact) mass is 260 g/mol. The van der Waals surface area contributed by atoms with Gasteiger partial charge >= 0.3 is 5.97 Å². The average molecular weight is 260 g/mol. The highest BCUT2D eigenvalue weighted by Gasteiger charge is 2.27. The first-order chi connectivity index (χ1) is 8.47. The van der Waals surface area contributed by atoms with Crippen LogP contribution in [0, 0.1) is 5.82 Å². The van der Waals surface area contributed by atoms with Crippen LogP contribution in [-0.4, -0.2) is 41.3 Å². The highest BCUT2D eigenvalue weighted by atomic mass is 19.1. The maximum Gasteiger partial charge on any atom is 0.335 e. The Hall–Kier alpha value is -1.70. The van der Waals surface area contributed by atoms with Gasteiger partial charge in [0.2, 0.25) is 0 Å². The van der Waals surface area contributed by atoms with Crippen molar-refractivity contribution in [2.45, 2.75) is 12.2 Å². The van der Waals surface area contributed by atoms with Gasteiger partial charge in [0, 0.05) is 18.7 Å². The van der Waals surface area contributed by atoms with Crippen molar-refractivity contribution in [1.29, 1.82) is 0 Å². The van der Waals surface area contributed by atoms with Crippen LogP contribution in [0.15, 0.2) is 18.2 Å². The van der Waals surface area contributed by atoms with Crippen LogP contribution in [0.25, 0.3) is 0 Å². The van der Waals surface area contributed by atoms with E-state index in [0.717, 1.165) is 12.1 Å². The number of aliphatic carboxylic acids is 1. The first-order valence-corrected chi connectivity index (χ1v) is 4.97. The molecule has 0 aromatic heterocycles. The molecule has 0 amide bonds. The van der Waals surface area contributed by atoms with Crippen LogP contribution < -0.4 is 4.74 Å². The number of hydrogen-bond acceptors (Lipinski definition) is 5. The molecule has 0 fully saturated rings. The predicted octanol–water partition coefficient (Wildman–Crippen LogP) is 0.287. The normalized spacial score (nSPS) is 14.0. The summed E-state index contributed by atoms with van der Waals surface area (Å²) in [5.41, 5.74) is -0.324. The van der Waals surface area contributed by atoms with Gasteiger partial charge in [0.15, 0.2) is 12.9 Å². The minimum Gasteiger partial charge on any atom is -0.479 e. The number of aliphatic hydroxyl groups excluding tert-OH is 2. The van der Waals surface area contributed by atoms with E-state index in [4.69, 9.17) is 14.9 Å². The van der Waals surface area contributed by atoms with Crippen LogP contribution in [0.3, 0.4) is 0 Å². The van der Waals surface area contributed by atoms with Gasteiger partial charge in [0.25, 0.3) is 0 Å². The fourth-order valence-electron chi connectivity index (χ4n) is 1.27. The van der Waals surface area contributed by atoms with Gasteiger partial charge in [-0.1, -0.05) is 0 Å². The van der Waals surface area contributed by atoms with Crippen LogP contribution >= 0.6 is 0 Å². The van der Waals surface area contributed by atoms with E-state index in [9.17, 15) is 14.3 Å². The number of halogens is 1. The van der Waals surface area contributed by atoms with E-state index in [1.165, 1.54) is 13.2 Å². The third kappa shape index (κ3) is 3.39. The van der Waals surface area contributed by atoms with Crippen molar-refractivity contribution in [2.75, 3.05) is 13.9 Å². The van der Waals surface area contributed by atoms with Gasteiger partial charge in [-0.2, -0.15) is 0 Å². The zero-order chi connectivity index (χ0) is 13.7. The Morgan fingerprint density at radius 1 is 1.44 bits per heavy atom. The lowest BCUT2D eigenvalue weighted by Crippen LogP contribution is -2.28. The second-order valence-electron chi connectivity index (χ2n) is 3.46. The molecule has 2 unspecified atom stereocenters. The molecule has 7 heteroatoms. The van der Waals surface area contributed by atoms with Crippen LogP contribution in [0.5, 0.6) is 5.75 Å². The van der Waals surface area contributed by atoms with Crippen molar-refractivity contribution in [3.8, 4) is 5.75 Å². The molecule has 0 spiro atoms. The first kappa shape index (κ1) is 14.4. The number of benzene rings is 1. The molecule has 0 aliphatic rings. The Bertz CT molecular complexity index is 422. The molecule has 0 radical (unpaired) electrons.